The van der Waals surface area contributed by atoms with E-state index < -0.39 is 22.2 Å². The zero-order valence-corrected chi connectivity index (χ0v) is 20.2. The Bertz CT molecular complexity index is 1090. The van der Waals surface area contributed by atoms with E-state index in [4.69, 9.17) is 4.74 Å². The normalized spacial score (nSPS) is 21.3. The second-order valence-electron chi connectivity index (χ2n) is 8.54. The summed E-state index contributed by atoms with van der Waals surface area (Å²) in [6.07, 6.45) is -0.123. The summed E-state index contributed by atoms with van der Waals surface area (Å²) in [5.74, 6) is -0.499. The van der Waals surface area contributed by atoms with Crippen LogP contribution in [0, 0.1) is 11.7 Å². The van der Waals surface area contributed by atoms with E-state index in [1.807, 2.05) is 6.92 Å². The van der Waals surface area contributed by atoms with Crippen molar-refractivity contribution >= 4 is 15.9 Å². The van der Waals surface area contributed by atoms with Gasteiger partial charge in [-0.05, 0) is 42.3 Å². The lowest BCUT2D eigenvalue weighted by atomic mass is 10.0. The van der Waals surface area contributed by atoms with Gasteiger partial charge in [0.1, 0.15) is 22.6 Å². The van der Waals surface area contributed by atoms with Gasteiger partial charge in [-0.3, -0.25) is 4.79 Å². The maximum atomic E-state index is 13.5. The molecule has 0 fully saturated rings. The van der Waals surface area contributed by atoms with Crippen molar-refractivity contribution in [2.75, 3.05) is 26.7 Å². The van der Waals surface area contributed by atoms with Crippen molar-refractivity contribution in [3.05, 3.63) is 48.3 Å². The Hall–Kier alpha value is -2.49. The van der Waals surface area contributed by atoms with Crippen molar-refractivity contribution in [2.45, 2.75) is 44.2 Å². The molecule has 1 heterocycles. The molecule has 0 saturated heterocycles. The highest BCUT2D eigenvalue weighted by atomic mass is 32.2. The summed E-state index contributed by atoms with van der Waals surface area (Å²) in [6, 6.07) is 10.0. The summed E-state index contributed by atoms with van der Waals surface area (Å²) in [5, 5.41) is 9.73. The average molecular weight is 479 g/mol. The van der Waals surface area contributed by atoms with E-state index in [0.29, 0.717) is 17.5 Å². The smallest absolute Gasteiger partial charge is 0.247 e. The molecule has 1 aliphatic heterocycles. The van der Waals surface area contributed by atoms with Gasteiger partial charge in [-0.1, -0.05) is 32.0 Å². The van der Waals surface area contributed by atoms with E-state index in [1.165, 1.54) is 22.5 Å². The molecule has 9 heteroatoms. The van der Waals surface area contributed by atoms with Crippen LogP contribution in [-0.4, -0.2) is 67.5 Å². The number of benzene rings is 2. The van der Waals surface area contributed by atoms with Gasteiger partial charge >= 0.3 is 0 Å². The molecule has 3 atom stereocenters. The number of hydrogen-bond donors (Lipinski definition) is 1. The molecule has 33 heavy (non-hydrogen) atoms. The predicted octanol–water partition coefficient (Wildman–Crippen LogP) is 3.13. The second kappa shape index (κ2) is 10.2. The highest BCUT2D eigenvalue weighted by Crippen LogP contribution is 2.36. The Labute approximate surface area is 194 Å². The fourth-order valence-electron chi connectivity index (χ4n) is 3.91. The zero-order chi connectivity index (χ0) is 24.3. The maximum absolute atomic E-state index is 13.5. The Kier molecular flexibility index (Phi) is 7.76. The van der Waals surface area contributed by atoms with Crippen LogP contribution >= 0.6 is 0 Å². The van der Waals surface area contributed by atoms with Crippen molar-refractivity contribution in [3.63, 3.8) is 0 Å². The average Bonchev–Trinajstić information content (AvgIpc) is 2.80. The molecule has 3 rings (SSSR count). The molecule has 0 radical (unpaired) electrons. The topological polar surface area (TPSA) is 87.2 Å². The minimum Gasteiger partial charge on any atom is -0.487 e. The molecule has 0 aliphatic carbocycles. The van der Waals surface area contributed by atoms with Gasteiger partial charge in [-0.25, -0.2) is 12.8 Å². The minimum absolute atomic E-state index is 0.00460. The first-order chi connectivity index (χ1) is 15.6. The lowest BCUT2D eigenvalue weighted by molar-refractivity contribution is -0.131. The number of sulfonamides is 1. The van der Waals surface area contributed by atoms with Crippen LogP contribution in [0.15, 0.2) is 47.4 Å². The number of rotatable bonds is 6. The van der Waals surface area contributed by atoms with Crippen LogP contribution in [0.3, 0.4) is 0 Å². The number of ether oxygens (including phenoxy) is 1. The second-order valence-corrected chi connectivity index (χ2v) is 10.4. The lowest BCUT2D eigenvalue weighted by Gasteiger charge is -2.37. The number of carbonyl (C=O) groups excluding carboxylic acids is 1. The van der Waals surface area contributed by atoms with Gasteiger partial charge in [-0.2, -0.15) is 4.31 Å². The number of likely N-dealkylation sites (N-methyl/N-ethyl adjacent to an activating group) is 1. The van der Waals surface area contributed by atoms with Crippen molar-refractivity contribution in [3.8, 4) is 16.9 Å². The van der Waals surface area contributed by atoms with Gasteiger partial charge < -0.3 is 14.7 Å². The largest absolute Gasteiger partial charge is 0.487 e. The maximum Gasteiger partial charge on any atom is 0.247 e. The summed E-state index contributed by atoms with van der Waals surface area (Å²) in [5.41, 5.74) is 1.39. The van der Waals surface area contributed by atoms with E-state index in [2.05, 4.69) is 0 Å². The first kappa shape index (κ1) is 25.1. The number of aliphatic hydroxyl groups excluding tert-OH is 1. The van der Waals surface area contributed by atoms with Crippen LogP contribution in [0.4, 0.5) is 4.39 Å². The van der Waals surface area contributed by atoms with Gasteiger partial charge in [-0.15, -0.1) is 0 Å². The zero-order valence-electron chi connectivity index (χ0n) is 19.4. The van der Waals surface area contributed by atoms with E-state index >= 15 is 0 Å². The highest BCUT2D eigenvalue weighted by Gasteiger charge is 2.38. The first-order valence-electron chi connectivity index (χ1n) is 11.0. The predicted molar refractivity (Wildman–Crippen MR) is 124 cm³/mol. The van der Waals surface area contributed by atoms with Crippen molar-refractivity contribution in [1.29, 1.82) is 0 Å². The summed E-state index contributed by atoms with van der Waals surface area (Å²) >= 11 is 0. The van der Waals surface area contributed by atoms with Crippen LogP contribution in [0.1, 0.15) is 27.2 Å². The number of nitrogens with zero attached hydrogens (tertiary/aromatic N) is 2. The van der Waals surface area contributed by atoms with Crippen molar-refractivity contribution in [2.24, 2.45) is 5.92 Å². The number of fused-ring (bicyclic) bond motifs is 1. The van der Waals surface area contributed by atoms with Crippen LogP contribution in [0.25, 0.3) is 11.1 Å². The standard InChI is InChI=1S/C24H31FN2O5S/c1-5-24(29)26(4)14-22-16(2)13-27(17(3)15-28)33(30,31)23-11-8-19(12-21(23)32-22)18-6-9-20(25)10-7-18/h6-12,16-17,22,28H,5,13-15H2,1-4H3/t16-,17-,22-/m1/s1. The van der Waals surface area contributed by atoms with Gasteiger partial charge in [0.25, 0.3) is 0 Å². The summed E-state index contributed by atoms with van der Waals surface area (Å²) in [4.78, 5) is 13.8. The van der Waals surface area contributed by atoms with Crippen LogP contribution in [0.5, 0.6) is 5.75 Å². The molecule has 1 amide bonds. The molecule has 0 aromatic heterocycles. The van der Waals surface area contributed by atoms with Crippen molar-refractivity contribution in [1.82, 2.24) is 9.21 Å². The fourth-order valence-corrected chi connectivity index (χ4v) is 5.73. The third kappa shape index (κ3) is 5.37. The van der Waals surface area contributed by atoms with Crippen molar-refractivity contribution < 1.29 is 27.4 Å². The first-order valence-corrected chi connectivity index (χ1v) is 12.5. The summed E-state index contributed by atoms with van der Waals surface area (Å²) in [6.45, 7) is 5.41. The lowest BCUT2D eigenvalue weighted by Crippen LogP contribution is -2.50. The van der Waals surface area contributed by atoms with Gasteiger partial charge in [0.05, 0.1) is 13.2 Å². The van der Waals surface area contributed by atoms with Gasteiger partial charge in [0.15, 0.2) is 0 Å². The Morgan fingerprint density at radius 3 is 2.48 bits per heavy atom. The molecule has 0 saturated carbocycles. The number of amides is 1. The molecule has 1 N–H and O–H groups in total. The van der Waals surface area contributed by atoms with Gasteiger partial charge in [0.2, 0.25) is 15.9 Å². The van der Waals surface area contributed by atoms with E-state index in [9.17, 15) is 22.7 Å². The fraction of sp³-hybridized carbons (Fsp3) is 0.458. The molecule has 0 unspecified atom stereocenters. The molecule has 2 aromatic carbocycles. The van der Waals surface area contributed by atoms with E-state index in [0.717, 1.165) is 0 Å². The molecule has 7 nitrogen and oxygen atoms in total. The Morgan fingerprint density at radius 1 is 1.24 bits per heavy atom. The molecule has 0 bridgehead atoms. The molecular weight excluding hydrogens is 447 g/mol. The third-order valence-corrected chi connectivity index (χ3v) is 8.05. The third-order valence-electron chi connectivity index (χ3n) is 6.03. The van der Waals surface area contributed by atoms with Crippen LogP contribution in [-0.2, 0) is 14.8 Å². The molecule has 2 aromatic rings. The Balaban J connectivity index is 2.11. The van der Waals surface area contributed by atoms with Gasteiger partial charge in [0, 0.05) is 32.0 Å². The monoisotopic (exact) mass is 478 g/mol. The van der Waals surface area contributed by atoms with Crippen LogP contribution < -0.4 is 4.74 Å². The Morgan fingerprint density at radius 2 is 1.88 bits per heavy atom. The molecular formula is C24H31FN2O5S. The molecule has 1 aliphatic rings. The van der Waals surface area contributed by atoms with E-state index in [1.54, 1.807) is 50.1 Å². The number of carbonyl (C=O) groups is 1. The number of hydrogen-bond acceptors (Lipinski definition) is 5. The minimum atomic E-state index is -3.96. The SMILES string of the molecule is CCC(=O)N(C)C[C@H]1Oc2cc(-c3ccc(F)cc3)ccc2S(=O)(=O)N([C@H](C)CO)C[C@H]1C. The number of halogens is 1. The number of aliphatic hydroxyl groups is 1. The van der Waals surface area contributed by atoms with E-state index in [-0.39, 0.29) is 48.0 Å². The quantitative estimate of drug-likeness (QED) is 0.689. The molecule has 180 valence electrons. The van der Waals surface area contributed by atoms with Crippen LogP contribution in [0.2, 0.25) is 0 Å². The summed E-state index contributed by atoms with van der Waals surface area (Å²) in [7, 11) is -2.26. The highest BCUT2D eigenvalue weighted by molar-refractivity contribution is 7.89. The summed E-state index contributed by atoms with van der Waals surface area (Å²) < 4.78 is 48.0. The molecule has 0 spiro atoms.